The molecule has 0 unspecified atom stereocenters. The molecule has 7 nitrogen and oxygen atoms in total. The van der Waals surface area contributed by atoms with Gasteiger partial charge in [0.15, 0.2) is 0 Å². The van der Waals surface area contributed by atoms with Gasteiger partial charge in [0.05, 0.1) is 18.3 Å². The van der Waals surface area contributed by atoms with Gasteiger partial charge < -0.3 is 9.15 Å². The highest BCUT2D eigenvalue weighted by atomic mass is 35.5. The number of methoxy groups -OCH3 is 1. The van der Waals surface area contributed by atoms with Crippen LogP contribution in [0.5, 0.6) is 5.75 Å². The minimum Gasteiger partial charge on any atom is -0.497 e. The molecule has 0 atom stereocenters. The highest BCUT2D eigenvalue weighted by Crippen LogP contribution is 2.21. The first-order valence-electron chi connectivity index (χ1n) is 6.46. The van der Waals surface area contributed by atoms with Crippen LogP contribution in [0.3, 0.4) is 0 Å². The zero-order valence-corrected chi connectivity index (χ0v) is 13.4. The molecule has 0 saturated carbocycles. The molecule has 0 bridgehead atoms. The second-order valence-corrected chi connectivity index (χ2v) is 5.28. The van der Waals surface area contributed by atoms with Crippen molar-refractivity contribution in [3.05, 3.63) is 56.8 Å². The van der Waals surface area contributed by atoms with Crippen molar-refractivity contribution >= 4 is 23.2 Å². The molecule has 0 saturated heterocycles. The number of ether oxygens (including phenoxy) is 1. The van der Waals surface area contributed by atoms with Gasteiger partial charge in [-0.15, -0.1) is 10.2 Å². The molecule has 0 aliphatic heterocycles. The molecule has 23 heavy (non-hydrogen) atoms. The van der Waals surface area contributed by atoms with E-state index in [1.54, 1.807) is 31.4 Å². The molecule has 2 heterocycles. The zero-order valence-electron chi connectivity index (χ0n) is 11.9. The Morgan fingerprint density at radius 1 is 1.22 bits per heavy atom. The molecular formula is C14H10Cl2N4O3. The number of benzene rings is 1. The molecule has 9 heteroatoms. The SMILES string of the molecule is COc1ccc(-c2nnc(Cn3ncc(Cl)c(Cl)c3=O)o2)cc1. The molecule has 0 N–H and O–H groups in total. The van der Waals surface area contributed by atoms with Crippen molar-refractivity contribution in [2.75, 3.05) is 7.11 Å². The Balaban J connectivity index is 1.85. The summed E-state index contributed by atoms with van der Waals surface area (Å²) in [5, 5.41) is 11.7. The van der Waals surface area contributed by atoms with Gasteiger partial charge in [0.25, 0.3) is 5.56 Å². The molecule has 0 spiro atoms. The molecule has 3 rings (SSSR count). The van der Waals surface area contributed by atoms with E-state index < -0.39 is 5.56 Å². The third-order valence-corrected chi connectivity index (χ3v) is 3.78. The van der Waals surface area contributed by atoms with E-state index >= 15 is 0 Å². The summed E-state index contributed by atoms with van der Waals surface area (Å²) in [5.41, 5.74) is 0.211. The van der Waals surface area contributed by atoms with E-state index in [9.17, 15) is 4.79 Å². The van der Waals surface area contributed by atoms with E-state index in [2.05, 4.69) is 15.3 Å². The number of hydrogen-bond acceptors (Lipinski definition) is 6. The number of halogens is 2. The van der Waals surface area contributed by atoms with Crippen LogP contribution in [0, 0.1) is 0 Å². The molecule has 2 aromatic heterocycles. The summed E-state index contributed by atoms with van der Waals surface area (Å²) in [6, 6.07) is 7.15. The molecule has 0 fully saturated rings. The van der Waals surface area contributed by atoms with Crippen molar-refractivity contribution in [1.29, 1.82) is 0 Å². The molecule has 1 aromatic carbocycles. The van der Waals surface area contributed by atoms with Crippen LogP contribution >= 0.6 is 23.2 Å². The van der Waals surface area contributed by atoms with E-state index in [0.717, 1.165) is 16.0 Å². The summed E-state index contributed by atoms with van der Waals surface area (Å²) < 4.78 is 11.7. The van der Waals surface area contributed by atoms with E-state index in [1.165, 1.54) is 6.20 Å². The molecular weight excluding hydrogens is 343 g/mol. The van der Waals surface area contributed by atoms with Gasteiger partial charge in [-0.2, -0.15) is 5.10 Å². The summed E-state index contributed by atoms with van der Waals surface area (Å²) in [4.78, 5) is 11.9. The smallest absolute Gasteiger partial charge is 0.287 e. The summed E-state index contributed by atoms with van der Waals surface area (Å²) in [6.45, 7) is -0.00111. The Kier molecular flexibility index (Phi) is 4.31. The van der Waals surface area contributed by atoms with E-state index in [-0.39, 0.29) is 22.5 Å². The van der Waals surface area contributed by atoms with Crippen molar-refractivity contribution in [3.8, 4) is 17.2 Å². The Bertz CT molecular complexity index is 890. The molecule has 0 aliphatic rings. The molecule has 118 valence electrons. The summed E-state index contributed by atoms with van der Waals surface area (Å²) >= 11 is 11.5. The fourth-order valence-corrected chi connectivity index (χ4v) is 2.12. The fraction of sp³-hybridized carbons (Fsp3) is 0.143. The number of rotatable bonds is 4. The van der Waals surface area contributed by atoms with E-state index in [4.69, 9.17) is 32.4 Å². The molecule has 0 aliphatic carbocycles. The van der Waals surface area contributed by atoms with Gasteiger partial charge in [-0.25, -0.2) is 4.68 Å². The summed E-state index contributed by atoms with van der Waals surface area (Å²) in [6.07, 6.45) is 1.28. The average Bonchev–Trinajstić information content (AvgIpc) is 3.04. The predicted molar refractivity (Wildman–Crippen MR) is 83.9 cm³/mol. The standard InChI is InChI=1S/C14H10Cl2N4O3/c1-22-9-4-2-8(3-5-9)13-19-18-11(23-13)7-20-14(21)12(16)10(15)6-17-20/h2-6H,7H2,1H3. The second kappa shape index (κ2) is 6.39. The molecule has 3 aromatic rings. The van der Waals surface area contributed by atoms with Crippen LogP contribution in [-0.2, 0) is 6.54 Å². The van der Waals surface area contributed by atoms with Gasteiger partial charge in [0.2, 0.25) is 11.8 Å². The average molecular weight is 353 g/mol. The van der Waals surface area contributed by atoms with E-state index in [0.29, 0.717) is 5.89 Å². The fourth-order valence-electron chi connectivity index (χ4n) is 1.85. The third-order valence-electron chi connectivity index (χ3n) is 3.03. The van der Waals surface area contributed by atoms with Crippen LogP contribution in [0.25, 0.3) is 11.5 Å². The quantitative estimate of drug-likeness (QED) is 0.717. The van der Waals surface area contributed by atoms with Crippen LogP contribution in [0.1, 0.15) is 5.89 Å². The van der Waals surface area contributed by atoms with Gasteiger partial charge >= 0.3 is 0 Å². The topological polar surface area (TPSA) is 83.0 Å². The maximum atomic E-state index is 11.9. The Labute approximate surface area is 140 Å². The maximum Gasteiger partial charge on any atom is 0.287 e. The van der Waals surface area contributed by atoms with Crippen molar-refractivity contribution in [2.45, 2.75) is 6.54 Å². The minimum absolute atomic E-state index is 0.00111. The Morgan fingerprint density at radius 3 is 2.65 bits per heavy atom. The highest BCUT2D eigenvalue weighted by molar-refractivity contribution is 6.41. The van der Waals surface area contributed by atoms with Crippen LogP contribution in [-0.4, -0.2) is 27.1 Å². The number of aromatic nitrogens is 4. The number of nitrogens with zero attached hydrogens (tertiary/aromatic N) is 4. The Morgan fingerprint density at radius 2 is 1.96 bits per heavy atom. The lowest BCUT2D eigenvalue weighted by Gasteiger charge is -2.02. The Hall–Kier alpha value is -2.38. The molecule has 0 amide bonds. The van der Waals surface area contributed by atoms with Crippen molar-refractivity contribution in [2.24, 2.45) is 0 Å². The first kappa shape index (κ1) is 15.5. The third kappa shape index (κ3) is 3.20. The second-order valence-electron chi connectivity index (χ2n) is 4.50. The lowest BCUT2D eigenvalue weighted by molar-refractivity contribution is 0.414. The zero-order chi connectivity index (χ0) is 16.4. The monoisotopic (exact) mass is 352 g/mol. The van der Waals surface area contributed by atoms with Gasteiger partial charge in [-0.3, -0.25) is 4.79 Å². The van der Waals surface area contributed by atoms with E-state index in [1.807, 2.05) is 0 Å². The maximum absolute atomic E-state index is 11.9. The number of hydrogen-bond donors (Lipinski definition) is 0. The van der Waals surface area contributed by atoms with Crippen molar-refractivity contribution in [1.82, 2.24) is 20.0 Å². The normalized spacial score (nSPS) is 10.7. The van der Waals surface area contributed by atoms with Gasteiger partial charge in [-0.05, 0) is 24.3 Å². The van der Waals surface area contributed by atoms with Crippen molar-refractivity contribution in [3.63, 3.8) is 0 Å². The molecule has 0 radical (unpaired) electrons. The van der Waals surface area contributed by atoms with Crippen LogP contribution in [0.15, 0.2) is 39.7 Å². The van der Waals surface area contributed by atoms with Gasteiger partial charge in [0.1, 0.15) is 17.3 Å². The highest BCUT2D eigenvalue weighted by Gasteiger charge is 2.13. The summed E-state index contributed by atoms with van der Waals surface area (Å²) in [5.74, 6) is 1.28. The van der Waals surface area contributed by atoms with Crippen molar-refractivity contribution < 1.29 is 9.15 Å². The first-order valence-corrected chi connectivity index (χ1v) is 7.22. The van der Waals surface area contributed by atoms with Crippen LogP contribution < -0.4 is 10.3 Å². The minimum atomic E-state index is -0.525. The van der Waals surface area contributed by atoms with Crippen LogP contribution in [0.2, 0.25) is 10.0 Å². The van der Waals surface area contributed by atoms with Crippen LogP contribution in [0.4, 0.5) is 0 Å². The first-order chi connectivity index (χ1) is 11.1. The van der Waals surface area contributed by atoms with Gasteiger partial charge in [-0.1, -0.05) is 23.2 Å². The predicted octanol–water partition coefficient (Wildman–Crippen LogP) is 2.66. The van der Waals surface area contributed by atoms with Gasteiger partial charge in [0, 0.05) is 5.56 Å². The lowest BCUT2D eigenvalue weighted by Crippen LogP contribution is -2.23. The largest absolute Gasteiger partial charge is 0.497 e. The lowest BCUT2D eigenvalue weighted by atomic mass is 10.2. The summed E-state index contributed by atoms with van der Waals surface area (Å²) in [7, 11) is 1.59.